The van der Waals surface area contributed by atoms with Gasteiger partial charge in [0.05, 0.1) is 0 Å². The summed E-state index contributed by atoms with van der Waals surface area (Å²) in [6.07, 6.45) is 4.56. The third kappa shape index (κ3) is 6.63. The lowest BCUT2D eigenvalue weighted by atomic mass is 9.99. The number of hydrogen-bond donors (Lipinski definition) is 2. The lowest BCUT2D eigenvalue weighted by Gasteiger charge is -2.38. The van der Waals surface area contributed by atoms with Crippen molar-refractivity contribution in [3.05, 3.63) is 35.4 Å². The van der Waals surface area contributed by atoms with Crippen LogP contribution in [0.5, 0.6) is 0 Å². The quantitative estimate of drug-likeness (QED) is 0.525. The van der Waals surface area contributed by atoms with Gasteiger partial charge in [-0.15, -0.1) is 0 Å². The van der Waals surface area contributed by atoms with E-state index < -0.39 is 0 Å². The Bertz CT molecular complexity index is 647. The van der Waals surface area contributed by atoms with E-state index in [0.717, 1.165) is 76.8 Å². The zero-order valence-electron chi connectivity index (χ0n) is 18.4. The van der Waals surface area contributed by atoms with Gasteiger partial charge in [0.1, 0.15) is 0 Å². The molecule has 0 amide bonds. The highest BCUT2D eigenvalue weighted by Crippen LogP contribution is 2.34. The van der Waals surface area contributed by atoms with Crippen LogP contribution in [0.2, 0.25) is 0 Å². The maximum Gasteiger partial charge on any atom is 0.191 e. The number of likely N-dealkylation sites (tertiary alicyclic amines) is 1. The summed E-state index contributed by atoms with van der Waals surface area (Å²) in [5.41, 5.74) is 2.84. The van der Waals surface area contributed by atoms with Crippen molar-refractivity contribution < 1.29 is 4.74 Å². The molecule has 3 rings (SSSR count). The van der Waals surface area contributed by atoms with E-state index in [1.165, 1.54) is 11.1 Å². The van der Waals surface area contributed by atoms with Crippen LogP contribution in [0.4, 0.5) is 0 Å². The largest absolute Gasteiger partial charge is 0.381 e. The number of benzene rings is 1. The number of nitrogens with zero attached hydrogens (tertiary/aromatic N) is 2. The van der Waals surface area contributed by atoms with Crippen LogP contribution in [0.25, 0.3) is 0 Å². The zero-order valence-corrected chi connectivity index (χ0v) is 19.2. The second-order valence-electron chi connectivity index (χ2n) is 8.28. The fourth-order valence-electron chi connectivity index (χ4n) is 4.32. The van der Waals surface area contributed by atoms with Crippen molar-refractivity contribution in [1.29, 1.82) is 0 Å². The summed E-state index contributed by atoms with van der Waals surface area (Å²) in [5.74, 6) is 2.09. The minimum Gasteiger partial charge on any atom is -0.381 e. The Kier molecular flexibility index (Phi) is 8.69. The van der Waals surface area contributed by atoms with Crippen LogP contribution in [0.3, 0.4) is 0 Å². The van der Waals surface area contributed by atoms with E-state index in [1.807, 2.05) is 7.05 Å². The number of thioether (sulfide) groups is 1. The van der Waals surface area contributed by atoms with Gasteiger partial charge in [0.15, 0.2) is 5.96 Å². The Labute approximate surface area is 181 Å². The summed E-state index contributed by atoms with van der Waals surface area (Å²) >= 11 is 2.07. The molecule has 2 aliphatic rings. The molecular weight excluding hydrogens is 380 g/mol. The van der Waals surface area contributed by atoms with Crippen molar-refractivity contribution in [2.24, 2.45) is 4.99 Å². The van der Waals surface area contributed by atoms with Crippen LogP contribution >= 0.6 is 11.8 Å². The highest BCUT2D eigenvalue weighted by Gasteiger charge is 2.33. The summed E-state index contributed by atoms with van der Waals surface area (Å²) in [4.78, 5) is 7.07. The molecule has 162 valence electrons. The maximum atomic E-state index is 5.59. The molecule has 0 spiro atoms. The van der Waals surface area contributed by atoms with Crippen LogP contribution < -0.4 is 10.6 Å². The molecule has 6 heteroatoms. The van der Waals surface area contributed by atoms with Gasteiger partial charge in [-0.1, -0.05) is 31.2 Å². The third-order valence-electron chi connectivity index (χ3n) is 6.24. The number of nitrogens with one attached hydrogen (secondary N) is 2. The van der Waals surface area contributed by atoms with E-state index in [9.17, 15) is 0 Å². The first-order valence-corrected chi connectivity index (χ1v) is 12.1. The van der Waals surface area contributed by atoms with Gasteiger partial charge in [-0.3, -0.25) is 9.89 Å². The van der Waals surface area contributed by atoms with Crippen LogP contribution in [0.15, 0.2) is 29.3 Å². The number of aliphatic imine (C=N–C) groups is 1. The molecule has 29 heavy (non-hydrogen) atoms. The summed E-state index contributed by atoms with van der Waals surface area (Å²) in [5, 5.41) is 7.29. The van der Waals surface area contributed by atoms with Gasteiger partial charge in [0, 0.05) is 57.2 Å². The molecule has 0 aromatic heterocycles. The number of ether oxygens (including phenoxy) is 1. The Morgan fingerprint density at radius 2 is 1.97 bits per heavy atom. The second-order valence-corrected chi connectivity index (χ2v) is 10.0. The highest BCUT2D eigenvalue weighted by atomic mass is 32.2. The van der Waals surface area contributed by atoms with Crippen molar-refractivity contribution in [3.63, 3.8) is 0 Å². The van der Waals surface area contributed by atoms with Crippen molar-refractivity contribution in [1.82, 2.24) is 15.5 Å². The third-order valence-corrected chi connectivity index (χ3v) is 7.69. The topological polar surface area (TPSA) is 48.9 Å². The van der Waals surface area contributed by atoms with Crippen molar-refractivity contribution in [2.75, 3.05) is 45.6 Å². The smallest absolute Gasteiger partial charge is 0.191 e. The van der Waals surface area contributed by atoms with Crippen molar-refractivity contribution >= 4 is 17.7 Å². The van der Waals surface area contributed by atoms with E-state index in [2.05, 4.69) is 70.4 Å². The van der Waals surface area contributed by atoms with Gasteiger partial charge in [0.25, 0.3) is 0 Å². The van der Waals surface area contributed by atoms with Crippen LogP contribution in [0, 0.1) is 6.92 Å². The van der Waals surface area contributed by atoms with E-state index in [0.29, 0.717) is 6.04 Å². The van der Waals surface area contributed by atoms with Gasteiger partial charge >= 0.3 is 0 Å². The first-order chi connectivity index (χ1) is 14.1. The number of rotatable bonds is 7. The van der Waals surface area contributed by atoms with Crippen LogP contribution in [-0.4, -0.2) is 67.3 Å². The standard InChI is InChI=1S/C23H38N4OS/c1-4-29-23(11-15-28-16-12-23)18-25-22(24-3)26-21-9-13-27(14-10-21)17-20-8-6-5-7-19(20)2/h5-8,21H,4,9-18H2,1-3H3,(H2,24,25,26). The lowest BCUT2D eigenvalue weighted by molar-refractivity contribution is 0.0781. The molecule has 0 bridgehead atoms. The molecular formula is C23H38N4OS. The summed E-state index contributed by atoms with van der Waals surface area (Å²) < 4.78 is 5.87. The molecule has 0 radical (unpaired) electrons. The average molecular weight is 419 g/mol. The van der Waals surface area contributed by atoms with E-state index in [4.69, 9.17) is 4.74 Å². The lowest BCUT2D eigenvalue weighted by Crippen LogP contribution is -2.52. The highest BCUT2D eigenvalue weighted by molar-refractivity contribution is 8.00. The zero-order chi connectivity index (χ0) is 20.5. The van der Waals surface area contributed by atoms with Crippen LogP contribution in [0.1, 0.15) is 43.7 Å². The molecule has 0 unspecified atom stereocenters. The normalized spacial score (nSPS) is 21.1. The van der Waals surface area contributed by atoms with Crippen molar-refractivity contribution in [3.8, 4) is 0 Å². The van der Waals surface area contributed by atoms with E-state index in [-0.39, 0.29) is 4.75 Å². The Balaban J connectivity index is 1.44. The number of guanidine groups is 1. The first kappa shape index (κ1) is 22.4. The maximum absolute atomic E-state index is 5.59. The molecule has 0 atom stereocenters. The first-order valence-electron chi connectivity index (χ1n) is 11.1. The fourth-order valence-corrected chi connectivity index (χ4v) is 5.56. The van der Waals surface area contributed by atoms with Crippen molar-refractivity contribution in [2.45, 2.75) is 56.9 Å². The van der Waals surface area contributed by atoms with E-state index in [1.54, 1.807) is 0 Å². The summed E-state index contributed by atoms with van der Waals surface area (Å²) in [7, 11) is 1.88. The second kappa shape index (κ2) is 11.2. The monoisotopic (exact) mass is 418 g/mol. The fraction of sp³-hybridized carbons (Fsp3) is 0.696. The molecule has 0 aliphatic carbocycles. The molecule has 2 heterocycles. The Morgan fingerprint density at radius 1 is 1.24 bits per heavy atom. The number of aryl methyl sites for hydroxylation is 1. The minimum absolute atomic E-state index is 0.279. The molecule has 2 fully saturated rings. The van der Waals surface area contributed by atoms with Gasteiger partial charge in [-0.25, -0.2) is 0 Å². The van der Waals surface area contributed by atoms with Gasteiger partial charge < -0.3 is 15.4 Å². The molecule has 2 aliphatic heterocycles. The number of hydrogen-bond acceptors (Lipinski definition) is 4. The molecule has 1 aromatic rings. The Morgan fingerprint density at radius 3 is 2.62 bits per heavy atom. The van der Waals surface area contributed by atoms with Gasteiger partial charge in [-0.2, -0.15) is 11.8 Å². The van der Waals surface area contributed by atoms with Gasteiger partial charge in [-0.05, 0) is 49.5 Å². The SMILES string of the molecule is CCSC1(CNC(=NC)NC2CCN(Cc3ccccc3C)CC2)CCOCC1. The average Bonchev–Trinajstić information content (AvgIpc) is 2.75. The summed E-state index contributed by atoms with van der Waals surface area (Å²) in [6.45, 7) is 10.5. The molecule has 0 saturated carbocycles. The summed E-state index contributed by atoms with van der Waals surface area (Å²) in [6, 6.07) is 9.23. The van der Waals surface area contributed by atoms with Crippen LogP contribution in [-0.2, 0) is 11.3 Å². The molecule has 2 saturated heterocycles. The van der Waals surface area contributed by atoms with E-state index >= 15 is 0 Å². The predicted octanol–water partition coefficient (Wildman–Crippen LogP) is 3.43. The molecule has 1 aromatic carbocycles. The minimum atomic E-state index is 0.279. The Hall–Kier alpha value is -1.24. The molecule has 5 nitrogen and oxygen atoms in total. The number of piperidine rings is 1. The van der Waals surface area contributed by atoms with Gasteiger partial charge in [0.2, 0.25) is 0 Å². The predicted molar refractivity (Wildman–Crippen MR) is 125 cm³/mol. The molecule has 2 N–H and O–H groups in total.